The summed E-state index contributed by atoms with van der Waals surface area (Å²) in [5, 5.41) is 0. The lowest BCUT2D eigenvalue weighted by Gasteiger charge is -2.29. The molecule has 8 heteroatoms. The first-order valence-electron chi connectivity index (χ1n) is 3.95. The number of esters is 1. The van der Waals surface area contributed by atoms with Crippen LogP contribution in [-0.4, -0.2) is 23.9 Å². The number of allylic oxidation sites excluding steroid dienone is 1. The number of carbonyl (C=O) groups excluding carboxylic acids is 1. The van der Waals surface area contributed by atoms with E-state index in [2.05, 4.69) is 4.74 Å². The third kappa shape index (κ3) is 2.89. The second kappa shape index (κ2) is 4.34. The van der Waals surface area contributed by atoms with Crippen LogP contribution in [0.2, 0.25) is 0 Å². The fraction of sp³-hybridized carbons (Fsp3) is 0.625. The van der Waals surface area contributed by atoms with Crippen molar-refractivity contribution in [3.8, 4) is 0 Å². The Bertz CT molecular complexity index is 291. The molecule has 0 N–H and O–H groups in total. The molecule has 94 valence electrons. The smallest absolute Gasteiger partial charge is 0.393 e. The number of carbonyl (C=O) groups is 1. The standard InChI is InChI=1S/C8H8F6O2/c1-3-4-5(15)16-8(13,14)7(11,12)6(2,9)10/h3-4H,1-2H3/b4-3+. The Labute approximate surface area is 86.9 Å². The lowest BCUT2D eigenvalue weighted by atomic mass is 10.2. The van der Waals surface area contributed by atoms with Gasteiger partial charge in [-0.2, -0.15) is 26.3 Å². The summed E-state index contributed by atoms with van der Waals surface area (Å²) < 4.78 is 77.5. The Hall–Kier alpha value is -1.21. The zero-order valence-electron chi connectivity index (χ0n) is 8.24. The van der Waals surface area contributed by atoms with E-state index in [4.69, 9.17) is 0 Å². The Morgan fingerprint density at radius 2 is 1.56 bits per heavy atom. The number of hydrogen-bond donors (Lipinski definition) is 0. The van der Waals surface area contributed by atoms with Crippen molar-refractivity contribution in [2.75, 3.05) is 0 Å². The van der Waals surface area contributed by atoms with Gasteiger partial charge in [0, 0.05) is 13.0 Å². The number of rotatable bonds is 4. The maximum atomic E-state index is 12.6. The lowest BCUT2D eigenvalue weighted by molar-refractivity contribution is -0.379. The molecule has 0 unspecified atom stereocenters. The summed E-state index contributed by atoms with van der Waals surface area (Å²) in [4.78, 5) is 10.5. The first kappa shape index (κ1) is 14.8. The molecule has 0 aliphatic heterocycles. The summed E-state index contributed by atoms with van der Waals surface area (Å²) in [6.07, 6.45) is -4.25. The van der Waals surface area contributed by atoms with E-state index in [0.717, 1.165) is 6.08 Å². The maximum absolute atomic E-state index is 12.6. The summed E-state index contributed by atoms with van der Waals surface area (Å²) in [5.74, 6) is -12.6. The molecule has 16 heavy (non-hydrogen) atoms. The van der Waals surface area contributed by atoms with Crippen LogP contribution in [0.3, 0.4) is 0 Å². The highest BCUT2D eigenvalue weighted by Crippen LogP contribution is 2.45. The molecule has 0 bridgehead atoms. The summed E-state index contributed by atoms with van der Waals surface area (Å²) >= 11 is 0. The highest BCUT2D eigenvalue weighted by molar-refractivity contribution is 5.82. The summed E-state index contributed by atoms with van der Waals surface area (Å²) in [6.45, 7) is 0.830. The van der Waals surface area contributed by atoms with Crippen LogP contribution in [0.25, 0.3) is 0 Å². The van der Waals surface area contributed by atoms with Crippen LogP contribution in [-0.2, 0) is 9.53 Å². The largest absolute Gasteiger partial charge is 0.473 e. The van der Waals surface area contributed by atoms with Crippen molar-refractivity contribution in [1.82, 2.24) is 0 Å². The Balaban J connectivity index is 4.99. The van der Waals surface area contributed by atoms with Crippen molar-refractivity contribution in [3.05, 3.63) is 12.2 Å². The third-order valence-electron chi connectivity index (χ3n) is 1.45. The summed E-state index contributed by atoms with van der Waals surface area (Å²) in [6, 6.07) is 0. The molecular formula is C8H8F6O2. The van der Waals surface area contributed by atoms with Gasteiger partial charge in [0.15, 0.2) is 0 Å². The van der Waals surface area contributed by atoms with Gasteiger partial charge in [-0.05, 0) is 6.92 Å². The number of ether oxygens (including phenoxy) is 1. The van der Waals surface area contributed by atoms with E-state index in [1.807, 2.05) is 0 Å². The van der Waals surface area contributed by atoms with Crippen molar-refractivity contribution in [3.63, 3.8) is 0 Å². The minimum atomic E-state index is -5.78. The number of halogens is 6. The SMILES string of the molecule is C/C=C/C(=O)OC(F)(F)C(F)(F)C(C)(F)F. The molecule has 0 heterocycles. The quantitative estimate of drug-likeness (QED) is 0.435. The van der Waals surface area contributed by atoms with Crippen LogP contribution in [0.15, 0.2) is 12.2 Å². The fourth-order valence-electron chi connectivity index (χ4n) is 0.616. The van der Waals surface area contributed by atoms with Crippen LogP contribution in [0, 0.1) is 0 Å². The van der Waals surface area contributed by atoms with Gasteiger partial charge in [0.2, 0.25) is 0 Å². The molecule has 0 spiro atoms. The minimum absolute atomic E-state index is 0.398. The van der Waals surface area contributed by atoms with E-state index >= 15 is 0 Å². The second-order valence-electron chi connectivity index (χ2n) is 2.90. The zero-order chi connectivity index (χ0) is 13.2. The highest BCUT2D eigenvalue weighted by Gasteiger charge is 2.72. The Morgan fingerprint density at radius 1 is 1.12 bits per heavy atom. The van der Waals surface area contributed by atoms with Gasteiger partial charge in [-0.15, -0.1) is 0 Å². The van der Waals surface area contributed by atoms with E-state index in [-0.39, 0.29) is 0 Å². The number of alkyl halides is 6. The van der Waals surface area contributed by atoms with Crippen LogP contribution in [0.5, 0.6) is 0 Å². The molecule has 0 atom stereocenters. The van der Waals surface area contributed by atoms with Crippen molar-refractivity contribution in [2.45, 2.75) is 31.8 Å². The monoisotopic (exact) mass is 250 g/mol. The molecule has 0 aromatic heterocycles. The van der Waals surface area contributed by atoms with Crippen LogP contribution in [0.1, 0.15) is 13.8 Å². The molecule has 0 aromatic rings. The molecule has 0 aliphatic carbocycles. The topological polar surface area (TPSA) is 26.3 Å². The summed E-state index contributed by atoms with van der Waals surface area (Å²) in [5.41, 5.74) is 0. The Kier molecular flexibility index (Phi) is 4.01. The number of hydrogen-bond acceptors (Lipinski definition) is 2. The van der Waals surface area contributed by atoms with Gasteiger partial charge in [0.05, 0.1) is 0 Å². The first-order chi connectivity index (χ1) is 6.95. The Morgan fingerprint density at radius 3 is 1.88 bits per heavy atom. The molecule has 0 aliphatic rings. The predicted molar refractivity (Wildman–Crippen MR) is 41.4 cm³/mol. The predicted octanol–water partition coefficient (Wildman–Crippen LogP) is 2.99. The molecule has 0 rings (SSSR count). The van der Waals surface area contributed by atoms with Gasteiger partial charge in [-0.3, -0.25) is 0 Å². The van der Waals surface area contributed by atoms with E-state index in [1.54, 1.807) is 0 Å². The van der Waals surface area contributed by atoms with Crippen molar-refractivity contribution in [1.29, 1.82) is 0 Å². The minimum Gasteiger partial charge on any atom is -0.393 e. The summed E-state index contributed by atoms with van der Waals surface area (Å²) in [7, 11) is 0. The molecule has 2 nitrogen and oxygen atoms in total. The molecule has 0 aromatic carbocycles. The molecule has 0 amide bonds. The van der Waals surface area contributed by atoms with Crippen molar-refractivity contribution >= 4 is 5.97 Å². The normalized spacial score (nSPS) is 14.2. The van der Waals surface area contributed by atoms with Gasteiger partial charge in [-0.25, -0.2) is 4.79 Å². The molecule has 0 radical (unpaired) electrons. The van der Waals surface area contributed by atoms with Gasteiger partial charge >= 0.3 is 23.9 Å². The fourth-order valence-corrected chi connectivity index (χ4v) is 0.616. The van der Waals surface area contributed by atoms with E-state index in [9.17, 15) is 31.1 Å². The van der Waals surface area contributed by atoms with Gasteiger partial charge in [-0.1, -0.05) is 6.08 Å². The lowest BCUT2D eigenvalue weighted by Crippen LogP contribution is -2.54. The third-order valence-corrected chi connectivity index (χ3v) is 1.45. The van der Waals surface area contributed by atoms with Crippen LogP contribution < -0.4 is 0 Å². The van der Waals surface area contributed by atoms with Gasteiger partial charge in [0.1, 0.15) is 0 Å². The second-order valence-corrected chi connectivity index (χ2v) is 2.90. The van der Waals surface area contributed by atoms with Crippen molar-refractivity contribution in [2.24, 2.45) is 0 Å². The molecular weight excluding hydrogens is 242 g/mol. The molecule has 0 saturated heterocycles. The van der Waals surface area contributed by atoms with E-state index in [0.29, 0.717) is 6.08 Å². The van der Waals surface area contributed by atoms with Gasteiger partial charge < -0.3 is 4.74 Å². The zero-order valence-corrected chi connectivity index (χ0v) is 8.24. The van der Waals surface area contributed by atoms with Gasteiger partial charge in [0.25, 0.3) is 0 Å². The van der Waals surface area contributed by atoms with E-state index in [1.165, 1.54) is 6.92 Å². The molecule has 0 fully saturated rings. The van der Waals surface area contributed by atoms with E-state index < -0.39 is 30.8 Å². The highest BCUT2D eigenvalue weighted by atomic mass is 19.3. The molecule has 0 saturated carbocycles. The van der Waals surface area contributed by atoms with Crippen LogP contribution in [0.4, 0.5) is 26.3 Å². The maximum Gasteiger partial charge on any atom is 0.473 e. The first-order valence-corrected chi connectivity index (χ1v) is 3.95. The average molecular weight is 250 g/mol. The average Bonchev–Trinajstić information content (AvgIpc) is 2.00. The van der Waals surface area contributed by atoms with Crippen molar-refractivity contribution < 1.29 is 35.9 Å². The van der Waals surface area contributed by atoms with Crippen LogP contribution >= 0.6 is 0 Å².